The Balaban J connectivity index is 2.50. The van der Waals surface area contributed by atoms with Crippen molar-refractivity contribution in [3.05, 3.63) is 28.5 Å². The molecule has 1 aromatic heterocycles. The molecule has 0 spiro atoms. The maximum Gasteiger partial charge on any atom is 0.0683 e. The summed E-state index contributed by atoms with van der Waals surface area (Å²) in [4.78, 5) is 4.28. The molecule has 0 saturated carbocycles. The minimum atomic E-state index is 0.550. The molecular formula is C10H15BrN2. The van der Waals surface area contributed by atoms with Gasteiger partial charge in [0, 0.05) is 23.3 Å². The number of nitrogens with one attached hydrogen (secondary N) is 1. The topological polar surface area (TPSA) is 24.9 Å². The zero-order chi connectivity index (χ0) is 9.68. The summed E-state index contributed by atoms with van der Waals surface area (Å²) < 4.78 is 1.07. The molecule has 72 valence electrons. The predicted octanol–water partition coefficient (Wildman–Crippen LogP) is 2.73. The van der Waals surface area contributed by atoms with Crippen molar-refractivity contribution in [2.24, 2.45) is 0 Å². The molecule has 0 aliphatic carbocycles. The van der Waals surface area contributed by atoms with Crippen LogP contribution in [0.25, 0.3) is 0 Å². The molecule has 0 aliphatic rings. The molecule has 1 N–H and O–H groups in total. The smallest absolute Gasteiger partial charge is 0.0683 e. The number of halogens is 1. The van der Waals surface area contributed by atoms with Crippen LogP contribution in [0.1, 0.15) is 26.0 Å². The number of nitrogens with zero attached hydrogens (tertiary/aromatic N) is 1. The van der Waals surface area contributed by atoms with Gasteiger partial charge in [-0.05, 0) is 41.4 Å². The molecule has 0 amide bonds. The first-order valence-electron chi connectivity index (χ1n) is 4.56. The molecule has 1 unspecified atom stereocenters. The molecule has 2 nitrogen and oxygen atoms in total. The molecule has 1 heterocycles. The summed E-state index contributed by atoms with van der Waals surface area (Å²) in [6.07, 6.45) is 2.96. The highest BCUT2D eigenvalue weighted by Crippen LogP contribution is 2.12. The molecule has 1 aromatic rings. The minimum absolute atomic E-state index is 0.550. The number of rotatable bonds is 4. The Morgan fingerprint density at radius 3 is 3.00 bits per heavy atom. The lowest BCUT2D eigenvalue weighted by Gasteiger charge is -2.11. The monoisotopic (exact) mass is 242 g/mol. The van der Waals surface area contributed by atoms with Crippen molar-refractivity contribution >= 4 is 15.9 Å². The number of pyridine rings is 1. The van der Waals surface area contributed by atoms with Crippen LogP contribution >= 0.6 is 15.9 Å². The summed E-state index contributed by atoms with van der Waals surface area (Å²) in [6.45, 7) is 5.18. The van der Waals surface area contributed by atoms with Gasteiger partial charge in [-0.3, -0.25) is 4.98 Å². The molecule has 0 aromatic carbocycles. The van der Waals surface area contributed by atoms with Gasteiger partial charge in [-0.1, -0.05) is 6.92 Å². The Hall–Kier alpha value is -0.410. The van der Waals surface area contributed by atoms with Crippen molar-refractivity contribution in [3.63, 3.8) is 0 Å². The van der Waals surface area contributed by atoms with Crippen LogP contribution in [0.15, 0.2) is 22.8 Å². The third kappa shape index (κ3) is 3.44. The van der Waals surface area contributed by atoms with Crippen LogP contribution < -0.4 is 5.32 Å². The molecule has 1 atom stereocenters. The maximum atomic E-state index is 4.28. The Morgan fingerprint density at radius 2 is 2.38 bits per heavy atom. The second-order valence-corrected chi connectivity index (χ2v) is 3.98. The zero-order valence-electron chi connectivity index (χ0n) is 8.05. The van der Waals surface area contributed by atoms with E-state index in [9.17, 15) is 0 Å². The van der Waals surface area contributed by atoms with Crippen LogP contribution in [0.3, 0.4) is 0 Å². The van der Waals surface area contributed by atoms with Crippen molar-refractivity contribution in [2.45, 2.75) is 32.9 Å². The van der Waals surface area contributed by atoms with E-state index in [2.05, 4.69) is 40.1 Å². The molecule has 0 radical (unpaired) electrons. The SMILES string of the molecule is CCC(C)NCc1ncccc1Br. The fourth-order valence-corrected chi connectivity index (χ4v) is 1.36. The standard InChI is InChI=1S/C10H15BrN2/c1-3-8(2)13-7-10-9(11)5-4-6-12-10/h4-6,8,13H,3,7H2,1-2H3. The van der Waals surface area contributed by atoms with Gasteiger partial charge < -0.3 is 5.32 Å². The lowest BCUT2D eigenvalue weighted by Crippen LogP contribution is -2.25. The molecule has 1 rings (SSSR count). The molecule has 0 aliphatic heterocycles. The molecule has 13 heavy (non-hydrogen) atoms. The van der Waals surface area contributed by atoms with E-state index in [0.717, 1.165) is 23.1 Å². The van der Waals surface area contributed by atoms with Crippen molar-refractivity contribution in [1.29, 1.82) is 0 Å². The normalized spacial score (nSPS) is 12.8. The third-order valence-electron chi connectivity index (χ3n) is 2.07. The molecule has 3 heteroatoms. The second kappa shape index (κ2) is 5.35. The van der Waals surface area contributed by atoms with E-state index < -0.39 is 0 Å². The van der Waals surface area contributed by atoms with Gasteiger partial charge in [-0.25, -0.2) is 0 Å². The second-order valence-electron chi connectivity index (χ2n) is 3.12. The highest BCUT2D eigenvalue weighted by atomic mass is 79.9. The Bertz CT molecular complexity index is 263. The van der Waals surface area contributed by atoms with Gasteiger partial charge in [0.15, 0.2) is 0 Å². The quantitative estimate of drug-likeness (QED) is 0.879. The largest absolute Gasteiger partial charge is 0.309 e. The van der Waals surface area contributed by atoms with Crippen LogP contribution in [0.2, 0.25) is 0 Å². The molecular weight excluding hydrogens is 228 g/mol. The summed E-state index contributed by atoms with van der Waals surface area (Å²) >= 11 is 3.47. The first-order chi connectivity index (χ1) is 6.24. The van der Waals surface area contributed by atoms with Gasteiger partial charge in [0.1, 0.15) is 0 Å². The average molecular weight is 243 g/mol. The van der Waals surface area contributed by atoms with Crippen LogP contribution in [-0.4, -0.2) is 11.0 Å². The Labute approximate surface area is 87.9 Å². The van der Waals surface area contributed by atoms with E-state index >= 15 is 0 Å². The highest BCUT2D eigenvalue weighted by Gasteiger charge is 2.01. The zero-order valence-corrected chi connectivity index (χ0v) is 9.63. The summed E-state index contributed by atoms with van der Waals surface area (Å²) in [6, 6.07) is 4.49. The average Bonchev–Trinajstić information content (AvgIpc) is 2.16. The third-order valence-corrected chi connectivity index (χ3v) is 2.79. The van der Waals surface area contributed by atoms with Crippen molar-refractivity contribution in [1.82, 2.24) is 10.3 Å². The summed E-state index contributed by atoms with van der Waals surface area (Å²) in [5, 5.41) is 3.40. The first kappa shape index (κ1) is 10.7. The number of hydrogen-bond donors (Lipinski definition) is 1. The highest BCUT2D eigenvalue weighted by molar-refractivity contribution is 9.10. The number of hydrogen-bond acceptors (Lipinski definition) is 2. The fourth-order valence-electron chi connectivity index (χ4n) is 0.964. The molecule has 0 fully saturated rings. The lowest BCUT2D eigenvalue weighted by molar-refractivity contribution is 0.528. The number of aromatic nitrogens is 1. The van der Waals surface area contributed by atoms with Crippen LogP contribution in [0.5, 0.6) is 0 Å². The van der Waals surface area contributed by atoms with Crippen molar-refractivity contribution in [3.8, 4) is 0 Å². The van der Waals surface area contributed by atoms with Crippen LogP contribution in [0.4, 0.5) is 0 Å². The maximum absolute atomic E-state index is 4.28. The van der Waals surface area contributed by atoms with Crippen LogP contribution in [0, 0.1) is 0 Å². The van der Waals surface area contributed by atoms with Gasteiger partial charge in [0.05, 0.1) is 5.69 Å². The van der Waals surface area contributed by atoms with E-state index in [0.29, 0.717) is 6.04 Å². The summed E-state index contributed by atoms with van der Waals surface area (Å²) in [7, 11) is 0. The van der Waals surface area contributed by atoms with Gasteiger partial charge in [-0.15, -0.1) is 0 Å². The molecule has 0 saturated heterocycles. The van der Waals surface area contributed by atoms with Gasteiger partial charge in [0.2, 0.25) is 0 Å². The Morgan fingerprint density at radius 1 is 1.62 bits per heavy atom. The van der Waals surface area contributed by atoms with E-state index in [1.165, 1.54) is 0 Å². The first-order valence-corrected chi connectivity index (χ1v) is 5.36. The van der Waals surface area contributed by atoms with E-state index in [1.807, 2.05) is 18.3 Å². The molecule has 0 bridgehead atoms. The summed E-state index contributed by atoms with van der Waals surface area (Å²) in [5.41, 5.74) is 1.07. The fraction of sp³-hybridized carbons (Fsp3) is 0.500. The lowest BCUT2D eigenvalue weighted by atomic mass is 10.2. The van der Waals surface area contributed by atoms with Gasteiger partial charge >= 0.3 is 0 Å². The minimum Gasteiger partial charge on any atom is -0.309 e. The predicted molar refractivity (Wildman–Crippen MR) is 58.5 cm³/mol. The van der Waals surface area contributed by atoms with E-state index in [-0.39, 0.29) is 0 Å². The van der Waals surface area contributed by atoms with Crippen molar-refractivity contribution < 1.29 is 0 Å². The van der Waals surface area contributed by atoms with Crippen molar-refractivity contribution in [2.75, 3.05) is 0 Å². The van der Waals surface area contributed by atoms with Gasteiger partial charge in [0.25, 0.3) is 0 Å². The van der Waals surface area contributed by atoms with E-state index in [4.69, 9.17) is 0 Å². The van der Waals surface area contributed by atoms with E-state index in [1.54, 1.807) is 0 Å². The van der Waals surface area contributed by atoms with Crippen LogP contribution in [-0.2, 0) is 6.54 Å². The Kier molecular flexibility index (Phi) is 4.39. The van der Waals surface area contributed by atoms with Gasteiger partial charge in [-0.2, -0.15) is 0 Å². The summed E-state index contributed by atoms with van der Waals surface area (Å²) in [5.74, 6) is 0.